The lowest BCUT2D eigenvalue weighted by molar-refractivity contribution is -0.132. The van der Waals surface area contributed by atoms with Gasteiger partial charge >= 0.3 is 11.9 Å². The third kappa shape index (κ3) is 9.94. The Labute approximate surface area is 212 Å². The summed E-state index contributed by atoms with van der Waals surface area (Å²) in [7, 11) is -2.37. The zero-order valence-electron chi connectivity index (χ0n) is 21.6. The fourth-order valence-electron chi connectivity index (χ4n) is 2.87. The van der Waals surface area contributed by atoms with Crippen LogP contribution in [-0.4, -0.2) is 51.5 Å². The number of nitrogens with two attached hydrogens (primary N) is 1. The monoisotopic (exact) mass is 525 g/mol. The molecule has 0 fully saturated rings. The summed E-state index contributed by atoms with van der Waals surface area (Å²) in [5.41, 5.74) is 6.36. The first kappa shape index (κ1) is 31.0. The first-order valence-corrected chi connectivity index (χ1v) is 12.9. The van der Waals surface area contributed by atoms with Crippen molar-refractivity contribution >= 4 is 22.1 Å². The molecule has 0 saturated carbocycles. The Morgan fingerprint density at radius 3 is 2.03 bits per heavy atom. The van der Waals surface area contributed by atoms with E-state index in [0.29, 0.717) is 11.3 Å². The lowest BCUT2D eigenvalue weighted by atomic mass is 9.82. The smallest absolute Gasteiger partial charge is 0.343 e. The molecule has 36 heavy (non-hydrogen) atoms. The summed E-state index contributed by atoms with van der Waals surface area (Å²) in [5.74, 6) is -0.892. The van der Waals surface area contributed by atoms with Crippen molar-refractivity contribution in [3.63, 3.8) is 0 Å². The fourth-order valence-corrected chi connectivity index (χ4v) is 3.48. The molecule has 2 unspecified atom stereocenters. The van der Waals surface area contributed by atoms with Crippen LogP contribution >= 0.6 is 0 Å². The molecule has 2 atom stereocenters. The lowest BCUT2D eigenvalue weighted by Crippen LogP contribution is -2.42. The lowest BCUT2D eigenvalue weighted by Gasteiger charge is -2.33. The number of rotatable bonds is 8. The van der Waals surface area contributed by atoms with Crippen molar-refractivity contribution in [1.29, 1.82) is 0 Å². The molecule has 2 aromatic rings. The normalized spacial score (nSPS) is 13.0. The summed E-state index contributed by atoms with van der Waals surface area (Å²) in [6.45, 7) is 8.66. The van der Waals surface area contributed by atoms with Gasteiger partial charge in [0.25, 0.3) is 10.1 Å². The van der Waals surface area contributed by atoms with Crippen LogP contribution in [0.3, 0.4) is 0 Å². The maximum atomic E-state index is 12.7. The van der Waals surface area contributed by atoms with Crippen molar-refractivity contribution in [2.45, 2.75) is 46.8 Å². The van der Waals surface area contributed by atoms with Crippen LogP contribution in [0.4, 0.5) is 0 Å². The van der Waals surface area contributed by atoms with Crippen molar-refractivity contribution in [1.82, 2.24) is 0 Å². The average Bonchev–Trinajstić information content (AvgIpc) is 2.77. The molecule has 10 nitrogen and oxygen atoms in total. The van der Waals surface area contributed by atoms with Crippen molar-refractivity contribution in [3.8, 4) is 17.2 Å². The minimum atomic E-state index is -3.88. The summed E-state index contributed by atoms with van der Waals surface area (Å²) in [5, 5.41) is 7.57. The summed E-state index contributed by atoms with van der Waals surface area (Å²) >= 11 is 0. The first-order valence-electron chi connectivity index (χ1n) is 11.1. The number of hydrogen-bond donors (Lipinski definition) is 2. The van der Waals surface area contributed by atoms with E-state index >= 15 is 0 Å². The Morgan fingerprint density at radius 1 is 1.03 bits per heavy atom. The van der Waals surface area contributed by atoms with Gasteiger partial charge in [0.05, 0.1) is 18.9 Å². The highest BCUT2D eigenvalue weighted by molar-refractivity contribution is 7.86. The molecule has 0 spiro atoms. The topological polar surface area (TPSA) is 151 Å². The van der Waals surface area contributed by atoms with E-state index in [2.05, 4.69) is 0 Å². The van der Waals surface area contributed by atoms with Crippen LogP contribution in [0.25, 0.3) is 0 Å². The number of methoxy groups -OCH3 is 1. The Hall–Kier alpha value is -2.99. The van der Waals surface area contributed by atoms with Crippen LogP contribution in [0, 0.1) is 5.41 Å². The number of aliphatic hydroxyl groups excluding tert-OH is 1. The average molecular weight is 526 g/mol. The molecule has 0 bridgehead atoms. The molecule has 2 aromatic carbocycles. The second kappa shape index (κ2) is 13.4. The van der Waals surface area contributed by atoms with Crippen LogP contribution in [0.1, 0.15) is 56.6 Å². The molecular formula is C25H35NO9S. The van der Waals surface area contributed by atoms with Crippen LogP contribution < -0.4 is 19.9 Å². The van der Waals surface area contributed by atoms with E-state index in [1.807, 2.05) is 20.8 Å². The van der Waals surface area contributed by atoms with Gasteiger partial charge in [-0.05, 0) is 54.3 Å². The number of carbonyl (C=O) groups excluding carboxylic acids is 2. The molecule has 200 valence electrons. The molecule has 2 rings (SSSR count). The first-order chi connectivity index (χ1) is 16.6. The highest BCUT2D eigenvalue weighted by atomic mass is 32.2. The van der Waals surface area contributed by atoms with Gasteiger partial charge in [0.1, 0.15) is 11.9 Å². The largest absolute Gasteiger partial charge is 0.497 e. The maximum absolute atomic E-state index is 12.7. The van der Waals surface area contributed by atoms with Crippen molar-refractivity contribution in [2.24, 2.45) is 11.1 Å². The van der Waals surface area contributed by atoms with Crippen molar-refractivity contribution in [2.75, 3.05) is 20.0 Å². The quantitative estimate of drug-likeness (QED) is 0.298. The number of carbonyl (C=O) groups is 2. The van der Waals surface area contributed by atoms with E-state index in [1.54, 1.807) is 19.1 Å². The van der Waals surface area contributed by atoms with Gasteiger partial charge in [-0.2, -0.15) is 8.42 Å². The van der Waals surface area contributed by atoms with Gasteiger partial charge in [0.15, 0.2) is 11.5 Å². The van der Waals surface area contributed by atoms with Crippen LogP contribution in [-0.2, 0) is 19.1 Å². The molecule has 0 aliphatic rings. The molecular weight excluding hydrogens is 490 g/mol. The van der Waals surface area contributed by atoms with Gasteiger partial charge in [-0.1, -0.05) is 26.8 Å². The van der Waals surface area contributed by atoms with Crippen LogP contribution in [0.15, 0.2) is 42.5 Å². The van der Waals surface area contributed by atoms with Gasteiger partial charge in [-0.15, -0.1) is 0 Å². The summed E-state index contributed by atoms with van der Waals surface area (Å²) in [6, 6.07) is 9.75. The van der Waals surface area contributed by atoms with Gasteiger partial charge in [-0.25, -0.2) is 4.79 Å². The van der Waals surface area contributed by atoms with E-state index in [1.165, 1.54) is 44.4 Å². The zero-order chi connectivity index (χ0) is 27.7. The van der Waals surface area contributed by atoms with Gasteiger partial charge < -0.3 is 25.1 Å². The van der Waals surface area contributed by atoms with E-state index in [-0.39, 0.29) is 23.7 Å². The van der Waals surface area contributed by atoms with Gasteiger partial charge in [-0.3, -0.25) is 8.98 Å². The maximum Gasteiger partial charge on any atom is 0.343 e. The van der Waals surface area contributed by atoms with Gasteiger partial charge in [0, 0.05) is 19.6 Å². The van der Waals surface area contributed by atoms with E-state index < -0.39 is 39.6 Å². The summed E-state index contributed by atoms with van der Waals surface area (Å²) in [6.07, 6.45) is -0.155. The molecule has 0 radical (unpaired) electrons. The standard InChI is InChI=1S/C23H29NO8S.C2H6O/c1-14(25)30-18-12-9-16(20(32-33(6,27)28)21(24)23(2,3)4)13-19(18)31-22(26)15-7-10-17(29-5)11-8-15;1-2-3/h7-13,20-21H,24H2,1-6H3;3H,2H2,1H3. The number of ether oxygens (including phenoxy) is 3. The molecule has 0 amide bonds. The second-order valence-corrected chi connectivity index (χ2v) is 10.4. The molecule has 0 aliphatic carbocycles. The van der Waals surface area contributed by atoms with Crippen LogP contribution in [0.2, 0.25) is 0 Å². The molecule has 11 heteroatoms. The van der Waals surface area contributed by atoms with Gasteiger partial charge in [0.2, 0.25) is 0 Å². The van der Waals surface area contributed by atoms with E-state index in [9.17, 15) is 18.0 Å². The minimum Gasteiger partial charge on any atom is -0.497 e. The minimum absolute atomic E-state index is 0.0180. The fraction of sp³-hybridized carbons (Fsp3) is 0.440. The Kier molecular flexibility index (Phi) is 11.5. The SMILES string of the molecule is CCO.COc1ccc(C(=O)Oc2cc(C(OS(C)(=O)=O)C(N)C(C)(C)C)ccc2OC(C)=O)cc1. The molecule has 0 aliphatic heterocycles. The Morgan fingerprint density at radius 2 is 1.58 bits per heavy atom. The number of hydrogen-bond acceptors (Lipinski definition) is 10. The molecule has 0 saturated heterocycles. The number of aliphatic hydroxyl groups is 1. The Balaban J connectivity index is 0.00000205. The third-order valence-corrected chi connectivity index (χ3v) is 5.24. The van der Waals surface area contributed by atoms with E-state index in [4.69, 9.17) is 29.2 Å². The van der Waals surface area contributed by atoms with Crippen molar-refractivity contribution in [3.05, 3.63) is 53.6 Å². The second-order valence-electron chi connectivity index (χ2n) is 8.85. The predicted molar refractivity (Wildman–Crippen MR) is 135 cm³/mol. The number of benzene rings is 2. The highest BCUT2D eigenvalue weighted by Gasteiger charge is 2.34. The molecule has 0 heterocycles. The highest BCUT2D eigenvalue weighted by Crippen LogP contribution is 2.37. The Bertz CT molecular complexity index is 1120. The predicted octanol–water partition coefficient (Wildman–Crippen LogP) is 3.23. The third-order valence-electron chi connectivity index (χ3n) is 4.68. The van der Waals surface area contributed by atoms with Crippen LogP contribution in [0.5, 0.6) is 17.2 Å². The zero-order valence-corrected chi connectivity index (χ0v) is 22.4. The molecule has 3 N–H and O–H groups in total. The molecule has 0 aromatic heterocycles. The number of esters is 2. The van der Waals surface area contributed by atoms with E-state index in [0.717, 1.165) is 6.26 Å². The summed E-state index contributed by atoms with van der Waals surface area (Å²) in [4.78, 5) is 24.2. The van der Waals surface area contributed by atoms with Crippen molar-refractivity contribution < 1.29 is 41.5 Å². The summed E-state index contributed by atoms with van der Waals surface area (Å²) < 4.78 is 44.8.